The summed E-state index contributed by atoms with van der Waals surface area (Å²) >= 11 is 0. The standard InChI is InChI=1S/C27H26F3N3O4S/c1-27(29,30)19-4-2-17(3-5-19)23-13-21(31-16-32-23)8-11-26(34)24-12-18-14-37-15-25(18)33(24)38(35,36)22-9-6-20(28)7-10-22/h2-7,9-10,13,16,18,24-25H,8,11-12,14-15H2,1H3/t18-,24-,25+/m1/s1. The summed E-state index contributed by atoms with van der Waals surface area (Å²) in [7, 11) is -4.06. The number of sulfonamides is 1. The number of carbonyl (C=O) groups is 1. The summed E-state index contributed by atoms with van der Waals surface area (Å²) in [5.41, 5.74) is 1.63. The Morgan fingerprint density at radius 2 is 1.79 bits per heavy atom. The molecule has 0 radical (unpaired) electrons. The molecule has 2 aliphatic rings. The summed E-state index contributed by atoms with van der Waals surface area (Å²) in [4.78, 5) is 21.7. The third kappa shape index (κ3) is 5.23. The second-order valence-corrected chi connectivity index (χ2v) is 11.6. The van der Waals surface area contributed by atoms with Crippen LogP contribution in [0, 0.1) is 11.7 Å². The van der Waals surface area contributed by atoms with Gasteiger partial charge in [0.15, 0.2) is 5.78 Å². The van der Waals surface area contributed by atoms with Crippen LogP contribution in [0.15, 0.2) is 65.8 Å². The first-order valence-corrected chi connectivity index (χ1v) is 13.7. The number of hydrogen-bond donors (Lipinski definition) is 0. The van der Waals surface area contributed by atoms with Crippen molar-refractivity contribution in [3.05, 3.63) is 78.0 Å². The molecule has 5 rings (SSSR count). The van der Waals surface area contributed by atoms with E-state index in [4.69, 9.17) is 4.74 Å². The lowest BCUT2D eigenvalue weighted by Crippen LogP contribution is -2.46. The molecular weight excluding hydrogens is 519 g/mol. The average Bonchev–Trinajstić information content (AvgIpc) is 3.49. The van der Waals surface area contributed by atoms with E-state index in [0.29, 0.717) is 30.0 Å². The Balaban J connectivity index is 1.32. The Morgan fingerprint density at radius 1 is 1.08 bits per heavy atom. The van der Waals surface area contributed by atoms with Crippen LogP contribution >= 0.6 is 0 Å². The van der Waals surface area contributed by atoms with Gasteiger partial charge in [0, 0.05) is 36.1 Å². The highest BCUT2D eigenvalue weighted by Gasteiger charge is 2.52. The second kappa shape index (κ2) is 10.2. The van der Waals surface area contributed by atoms with E-state index in [1.165, 1.54) is 34.9 Å². The predicted octanol–water partition coefficient (Wildman–Crippen LogP) is 4.37. The monoisotopic (exact) mass is 545 g/mol. The molecule has 2 aromatic carbocycles. The molecule has 3 atom stereocenters. The molecule has 11 heteroatoms. The Morgan fingerprint density at radius 3 is 2.47 bits per heavy atom. The molecular formula is C27H26F3N3O4S. The number of ketones is 1. The summed E-state index contributed by atoms with van der Waals surface area (Å²) < 4.78 is 74.2. The van der Waals surface area contributed by atoms with Crippen LogP contribution in [-0.2, 0) is 31.9 Å². The molecule has 0 unspecified atom stereocenters. The maximum Gasteiger partial charge on any atom is 0.270 e. The molecule has 0 saturated carbocycles. The van der Waals surface area contributed by atoms with Gasteiger partial charge in [0.1, 0.15) is 12.1 Å². The Hall–Kier alpha value is -3.15. The zero-order chi connectivity index (χ0) is 27.1. The van der Waals surface area contributed by atoms with Crippen LogP contribution in [0.4, 0.5) is 13.2 Å². The van der Waals surface area contributed by atoms with Gasteiger partial charge in [0.2, 0.25) is 10.0 Å². The van der Waals surface area contributed by atoms with Crippen molar-refractivity contribution in [1.29, 1.82) is 0 Å². The zero-order valence-corrected chi connectivity index (χ0v) is 21.4. The molecule has 3 aromatic rings. The molecule has 0 aliphatic carbocycles. The number of benzene rings is 2. The molecule has 0 spiro atoms. The van der Waals surface area contributed by atoms with Crippen molar-refractivity contribution < 1.29 is 31.1 Å². The highest BCUT2D eigenvalue weighted by Crippen LogP contribution is 2.39. The number of rotatable bonds is 8. The SMILES string of the molecule is CC(F)(F)c1ccc(-c2cc(CCC(=O)[C@H]3C[C@@H]4COC[C@@H]4N3S(=O)(=O)c3ccc(F)cc3)ncn2)cc1. The number of fused-ring (bicyclic) bond motifs is 1. The minimum absolute atomic E-state index is 0.0534. The molecule has 2 saturated heterocycles. The highest BCUT2D eigenvalue weighted by atomic mass is 32.2. The first-order chi connectivity index (χ1) is 18.0. The summed E-state index contributed by atoms with van der Waals surface area (Å²) in [5, 5.41) is 0. The number of aromatic nitrogens is 2. The molecule has 3 heterocycles. The molecule has 0 bridgehead atoms. The molecule has 200 valence electrons. The number of hydrogen-bond acceptors (Lipinski definition) is 6. The zero-order valence-electron chi connectivity index (χ0n) is 20.6. The number of halogens is 3. The van der Waals surface area contributed by atoms with Crippen LogP contribution in [0.5, 0.6) is 0 Å². The molecule has 0 amide bonds. The first-order valence-electron chi connectivity index (χ1n) is 12.2. The molecule has 0 N–H and O–H groups in total. The van der Waals surface area contributed by atoms with Crippen LogP contribution in [0.3, 0.4) is 0 Å². The van der Waals surface area contributed by atoms with Gasteiger partial charge in [0.05, 0.1) is 35.9 Å². The van der Waals surface area contributed by atoms with E-state index < -0.39 is 33.8 Å². The van der Waals surface area contributed by atoms with Crippen molar-refractivity contribution in [2.24, 2.45) is 5.92 Å². The van der Waals surface area contributed by atoms with Gasteiger partial charge in [-0.05, 0) is 43.2 Å². The fourth-order valence-electron chi connectivity index (χ4n) is 5.11. The van der Waals surface area contributed by atoms with Gasteiger partial charge >= 0.3 is 0 Å². The minimum atomic E-state index is -4.06. The van der Waals surface area contributed by atoms with Crippen LogP contribution in [0.1, 0.15) is 31.0 Å². The van der Waals surface area contributed by atoms with E-state index in [1.807, 2.05) is 0 Å². The maximum atomic E-state index is 13.5. The van der Waals surface area contributed by atoms with Crippen molar-refractivity contribution in [1.82, 2.24) is 14.3 Å². The van der Waals surface area contributed by atoms with Crippen molar-refractivity contribution in [3.8, 4) is 11.3 Å². The number of alkyl halides is 2. The molecule has 2 fully saturated rings. The first kappa shape index (κ1) is 26.5. The van der Waals surface area contributed by atoms with Crippen LogP contribution < -0.4 is 0 Å². The lowest BCUT2D eigenvalue weighted by molar-refractivity contribution is -0.122. The quantitative estimate of drug-likeness (QED) is 0.418. The predicted molar refractivity (Wildman–Crippen MR) is 132 cm³/mol. The lowest BCUT2D eigenvalue weighted by Gasteiger charge is -2.27. The normalized spacial score (nSPS) is 21.9. The Kier molecular flexibility index (Phi) is 7.10. The van der Waals surface area contributed by atoms with Gasteiger partial charge in [0.25, 0.3) is 5.92 Å². The molecule has 2 aliphatic heterocycles. The smallest absolute Gasteiger partial charge is 0.270 e. The van der Waals surface area contributed by atoms with Gasteiger partial charge in [-0.25, -0.2) is 31.6 Å². The Bertz CT molecular complexity index is 1430. The van der Waals surface area contributed by atoms with E-state index in [0.717, 1.165) is 19.1 Å². The molecule has 38 heavy (non-hydrogen) atoms. The van der Waals surface area contributed by atoms with Crippen molar-refractivity contribution in [2.45, 2.75) is 49.1 Å². The third-order valence-corrected chi connectivity index (χ3v) is 9.07. The maximum absolute atomic E-state index is 13.5. The van der Waals surface area contributed by atoms with Gasteiger partial charge < -0.3 is 4.74 Å². The van der Waals surface area contributed by atoms with E-state index in [-0.39, 0.29) is 41.6 Å². The highest BCUT2D eigenvalue weighted by molar-refractivity contribution is 7.89. The second-order valence-electron chi connectivity index (χ2n) is 9.73. The summed E-state index contributed by atoms with van der Waals surface area (Å²) in [5.74, 6) is -3.83. The summed E-state index contributed by atoms with van der Waals surface area (Å²) in [6.45, 7) is 1.41. The van der Waals surface area contributed by atoms with Crippen molar-refractivity contribution in [3.63, 3.8) is 0 Å². The fraction of sp³-hybridized carbons (Fsp3) is 0.370. The van der Waals surface area contributed by atoms with Gasteiger partial charge in [-0.3, -0.25) is 4.79 Å². The van der Waals surface area contributed by atoms with Crippen LogP contribution in [-0.4, -0.2) is 53.8 Å². The summed E-state index contributed by atoms with van der Waals surface area (Å²) in [6.07, 6.45) is 2.01. The third-order valence-electron chi connectivity index (χ3n) is 7.12. The number of ether oxygens (including phenoxy) is 1. The number of carbonyl (C=O) groups excluding carboxylic acids is 1. The fourth-order valence-corrected chi connectivity index (χ4v) is 6.96. The minimum Gasteiger partial charge on any atom is -0.379 e. The molecule has 7 nitrogen and oxygen atoms in total. The Labute approximate surface area is 218 Å². The van der Waals surface area contributed by atoms with Crippen molar-refractivity contribution in [2.75, 3.05) is 13.2 Å². The average molecular weight is 546 g/mol. The number of Topliss-reactive ketones (excluding diaryl/α,β-unsaturated/α-hetero) is 1. The van der Waals surface area contributed by atoms with Crippen LogP contribution in [0.25, 0.3) is 11.3 Å². The van der Waals surface area contributed by atoms with E-state index in [1.54, 1.807) is 18.2 Å². The van der Waals surface area contributed by atoms with Gasteiger partial charge in [-0.15, -0.1) is 0 Å². The van der Waals surface area contributed by atoms with E-state index in [9.17, 15) is 26.4 Å². The topological polar surface area (TPSA) is 89.5 Å². The van der Waals surface area contributed by atoms with E-state index >= 15 is 0 Å². The number of aryl methyl sites for hydroxylation is 1. The number of nitrogens with zero attached hydrogens (tertiary/aromatic N) is 3. The largest absolute Gasteiger partial charge is 0.379 e. The van der Waals surface area contributed by atoms with Crippen molar-refractivity contribution >= 4 is 15.8 Å². The van der Waals surface area contributed by atoms with Gasteiger partial charge in [-0.1, -0.05) is 24.3 Å². The van der Waals surface area contributed by atoms with Gasteiger partial charge in [-0.2, -0.15) is 4.31 Å². The van der Waals surface area contributed by atoms with Crippen LogP contribution in [0.2, 0.25) is 0 Å². The summed E-state index contributed by atoms with van der Waals surface area (Å²) in [6, 6.07) is 10.7. The molecule has 1 aromatic heterocycles. The lowest BCUT2D eigenvalue weighted by atomic mass is 9.99. The van der Waals surface area contributed by atoms with E-state index in [2.05, 4.69) is 9.97 Å².